The zero-order valence-electron chi connectivity index (χ0n) is 7.54. The summed E-state index contributed by atoms with van der Waals surface area (Å²) in [5.41, 5.74) is 1.68. The van der Waals surface area contributed by atoms with Gasteiger partial charge in [-0.25, -0.2) is 4.39 Å². The van der Waals surface area contributed by atoms with Crippen molar-refractivity contribution in [3.8, 4) is 11.1 Å². The molecule has 2 nitrogen and oxygen atoms in total. The standard InChI is InChI=1S/C10H8ClFN2/c1-14-10(11)9(6-13-14)7-2-4-8(12)5-3-7/h2-6H,1H3. The van der Waals surface area contributed by atoms with Gasteiger partial charge in [0.2, 0.25) is 0 Å². The van der Waals surface area contributed by atoms with Crippen molar-refractivity contribution in [1.82, 2.24) is 9.78 Å². The fourth-order valence-electron chi connectivity index (χ4n) is 1.25. The van der Waals surface area contributed by atoms with E-state index in [4.69, 9.17) is 11.6 Å². The minimum Gasteiger partial charge on any atom is -0.256 e. The Hall–Kier alpha value is -1.35. The zero-order chi connectivity index (χ0) is 10.1. The van der Waals surface area contributed by atoms with E-state index in [1.807, 2.05) is 0 Å². The van der Waals surface area contributed by atoms with Crippen LogP contribution < -0.4 is 0 Å². The van der Waals surface area contributed by atoms with Gasteiger partial charge in [-0.2, -0.15) is 5.10 Å². The molecule has 0 fully saturated rings. The van der Waals surface area contributed by atoms with Crippen LogP contribution in [-0.2, 0) is 7.05 Å². The SMILES string of the molecule is Cn1ncc(-c2ccc(F)cc2)c1Cl. The molecule has 0 saturated carbocycles. The first-order valence-electron chi connectivity index (χ1n) is 4.12. The van der Waals surface area contributed by atoms with Crippen LogP contribution in [-0.4, -0.2) is 9.78 Å². The van der Waals surface area contributed by atoms with Crippen LogP contribution in [0, 0.1) is 5.82 Å². The molecule has 0 spiro atoms. The number of benzene rings is 1. The molecule has 1 heterocycles. The summed E-state index contributed by atoms with van der Waals surface area (Å²) in [5.74, 6) is -0.256. The number of rotatable bonds is 1. The first-order chi connectivity index (χ1) is 6.68. The van der Waals surface area contributed by atoms with Gasteiger partial charge in [0.15, 0.2) is 0 Å². The molecule has 0 radical (unpaired) electrons. The smallest absolute Gasteiger partial charge is 0.134 e. The third-order valence-corrected chi connectivity index (χ3v) is 2.47. The van der Waals surface area contributed by atoms with E-state index in [9.17, 15) is 4.39 Å². The topological polar surface area (TPSA) is 17.8 Å². The Morgan fingerprint density at radius 3 is 2.43 bits per heavy atom. The molecule has 0 unspecified atom stereocenters. The van der Waals surface area contributed by atoms with E-state index in [1.54, 1.807) is 30.1 Å². The fraction of sp³-hybridized carbons (Fsp3) is 0.100. The highest BCUT2D eigenvalue weighted by atomic mass is 35.5. The minimum absolute atomic E-state index is 0.256. The van der Waals surface area contributed by atoms with Crippen LogP contribution >= 0.6 is 11.6 Å². The Kier molecular flexibility index (Phi) is 2.25. The van der Waals surface area contributed by atoms with Crippen LogP contribution in [0.5, 0.6) is 0 Å². The molecule has 0 atom stereocenters. The Labute approximate surface area is 85.9 Å². The first-order valence-corrected chi connectivity index (χ1v) is 4.49. The number of aromatic nitrogens is 2. The van der Waals surface area contributed by atoms with Gasteiger partial charge < -0.3 is 0 Å². The van der Waals surface area contributed by atoms with Crippen molar-refractivity contribution in [3.63, 3.8) is 0 Å². The van der Waals surface area contributed by atoms with Crippen LogP contribution in [0.2, 0.25) is 5.15 Å². The highest BCUT2D eigenvalue weighted by Gasteiger charge is 2.07. The lowest BCUT2D eigenvalue weighted by atomic mass is 10.1. The molecule has 0 aliphatic carbocycles. The summed E-state index contributed by atoms with van der Waals surface area (Å²) in [7, 11) is 1.76. The maximum atomic E-state index is 12.7. The third kappa shape index (κ3) is 1.51. The van der Waals surface area contributed by atoms with Crippen molar-refractivity contribution in [2.75, 3.05) is 0 Å². The third-order valence-electron chi connectivity index (χ3n) is 2.02. The van der Waals surface area contributed by atoms with Gasteiger partial charge in [0, 0.05) is 12.6 Å². The molecule has 14 heavy (non-hydrogen) atoms. The van der Waals surface area contributed by atoms with Gasteiger partial charge in [-0.1, -0.05) is 23.7 Å². The largest absolute Gasteiger partial charge is 0.256 e. The summed E-state index contributed by atoms with van der Waals surface area (Å²) < 4.78 is 14.2. The monoisotopic (exact) mass is 210 g/mol. The molecular weight excluding hydrogens is 203 g/mol. The second kappa shape index (κ2) is 3.42. The summed E-state index contributed by atoms with van der Waals surface area (Å²) >= 11 is 5.99. The number of aryl methyl sites for hydroxylation is 1. The van der Waals surface area contributed by atoms with Gasteiger partial charge in [0.25, 0.3) is 0 Å². The molecule has 1 aromatic carbocycles. The molecule has 1 aromatic heterocycles. The number of hydrogen-bond donors (Lipinski definition) is 0. The molecule has 0 bridgehead atoms. The summed E-state index contributed by atoms with van der Waals surface area (Å²) in [6, 6.07) is 6.16. The number of nitrogens with zero attached hydrogens (tertiary/aromatic N) is 2. The number of halogens is 2. The van der Waals surface area contributed by atoms with E-state index in [2.05, 4.69) is 5.10 Å². The second-order valence-electron chi connectivity index (χ2n) is 2.98. The van der Waals surface area contributed by atoms with Gasteiger partial charge in [-0.05, 0) is 17.7 Å². The molecule has 0 N–H and O–H groups in total. The van der Waals surface area contributed by atoms with Crippen molar-refractivity contribution in [3.05, 3.63) is 41.4 Å². The molecule has 0 aliphatic heterocycles. The molecule has 0 amide bonds. The summed E-state index contributed by atoms with van der Waals surface area (Å²) in [4.78, 5) is 0. The van der Waals surface area contributed by atoms with E-state index < -0.39 is 0 Å². The molecule has 72 valence electrons. The van der Waals surface area contributed by atoms with Gasteiger partial charge in [-0.3, -0.25) is 4.68 Å². The van der Waals surface area contributed by atoms with Crippen LogP contribution in [0.4, 0.5) is 4.39 Å². The van der Waals surface area contributed by atoms with Crippen molar-refractivity contribution >= 4 is 11.6 Å². The van der Waals surface area contributed by atoms with Gasteiger partial charge >= 0.3 is 0 Å². The van der Waals surface area contributed by atoms with E-state index in [0.717, 1.165) is 11.1 Å². The first kappa shape index (κ1) is 9.21. The van der Waals surface area contributed by atoms with Crippen LogP contribution in [0.25, 0.3) is 11.1 Å². The van der Waals surface area contributed by atoms with Crippen LogP contribution in [0.1, 0.15) is 0 Å². The summed E-state index contributed by atoms with van der Waals surface area (Å²) in [6.07, 6.45) is 1.66. The van der Waals surface area contributed by atoms with Gasteiger partial charge in [0.1, 0.15) is 11.0 Å². The lowest BCUT2D eigenvalue weighted by molar-refractivity contribution is 0.628. The quantitative estimate of drug-likeness (QED) is 0.708. The van der Waals surface area contributed by atoms with E-state index >= 15 is 0 Å². The molecule has 0 aliphatic rings. The Bertz CT molecular complexity index is 448. The van der Waals surface area contributed by atoms with Crippen molar-refractivity contribution in [2.45, 2.75) is 0 Å². The maximum absolute atomic E-state index is 12.7. The predicted molar refractivity (Wildman–Crippen MR) is 53.6 cm³/mol. The molecular formula is C10H8ClFN2. The average molecular weight is 211 g/mol. The van der Waals surface area contributed by atoms with Crippen LogP contribution in [0.15, 0.2) is 30.5 Å². The van der Waals surface area contributed by atoms with Gasteiger partial charge in [0.05, 0.1) is 6.20 Å². The minimum atomic E-state index is -0.256. The predicted octanol–water partition coefficient (Wildman–Crippen LogP) is 2.88. The fourth-order valence-corrected chi connectivity index (χ4v) is 1.45. The Morgan fingerprint density at radius 2 is 1.93 bits per heavy atom. The lowest BCUT2D eigenvalue weighted by Crippen LogP contribution is -1.88. The molecule has 4 heteroatoms. The highest BCUT2D eigenvalue weighted by molar-refractivity contribution is 6.32. The van der Waals surface area contributed by atoms with Gasteiger partial charge in [-0.15, -0.1) is 0 Å². The lowest BCUT2D eigenvalue weighted by Gasteiger charge is -1.98. The maximum Gasteiger partial charge on any atom is 0.134 e. The van der Waals surface area contributed by atoms with E-state index in [-0.39, 0.29) is 5.82 Å². The average Bonchev–Trinajstić information content (AvgIpc) is 2.50. The normalized spacial score (nSPS) is 10.5. The highest BCUT2D eigenvalue weighted by Crippen LogP contribution is 2.26. The van der Waals surface area contributed by atoms with Crippen LogP contribution in [0.3, 0.4) is 0 Å². The summed E-state index contributed by atoms with van der Waals surface area (Å²) in [6.45, 7) is 0. The van der Waals surface area contributed by atoms with E-state index in [0.29, 0.717) is 5.15 Å². The number of hydrogen-bond acceptors (Lipinski definition) is 1. The Morgan fingerprint density at radius 1 is 1.29 bits per heavy atom. The second-order valence-corrected chi connectivity index (χ2v) is 3.34. The Balaban J connectivity index is 2.49. The van der Waals surface area contributed by atoms with Crippen molar-refractivity contribution in [2.24, 2.45) is 7.05 Å². The summed E-state index contributed by atoms with van der Waals surface area (Å²) in [5, 5.41) is 4.56. The molecule has 2 rings (SSSR count). The van der Waals surface area contributed by atoms with E-state index in [1.165, 1.54) is 12.1 Å². The van der Waals surface area contributed by atoms with Crippen molar-refractivity contribution < 1.29 is 4.39 Å². The zero-order valence-corrected chi connectivity index (χ0v) is 8.29. The van der Waals surface area contributed by atoms with Crippen molar-refractivity contribution in [1.29, 1.82) is 0 Å². The molecule has 2 aromatic rings. The molecule has 0 saturated heterocycles.